The number of rotatable bonds is 2. The van der Waals surface area contributed by atoms with Gasteiger partial charge in [0.05, 0.1) is 6.54 Å². The zero-order chi connectivity index (χ0) is 11.1. The Morgan fingerprint density at radius 3 is 2.93 bits per heavy atom. The lowest BCUT2D eigenvalue weighted by Gasteiger charge is -1.92. The van der Waals surface area contributed by atoms with Crippen LogP contribution in [0.25, 0.3) is 0 Å². The topological polar surface area (TPSA) is 59.1 Å². The van der Waals surface area contributed by atoms with Crippen LogP contribution in [0.4, 0.5) is 0 Å². The second kappa shape index (κ2) is 5.55. The molecule has 0 aromatic carbocycles. The van der Waals surface area contributed by atoms with E-state index < -0.39 is 0 Å². The van der Waals surface area contributed by atoms with Crippen LogP contribution in [-0.2, 0) is 4.79 Å². The Balaban J connectivity index is 2.56. The molecule has 0 saturated carbocycles. The van der Waals surface area contributed by atoms with Crippen LogP contribution in [0.1, 0.15) is 23.0 Å². The number of carbonyl (C=O) groups is 2. The van der Waals surface area contributed by atoms with Gasteiger partial charge in [0.1, 0.15) is 5.69 Å². The summed E-state index contributed by atoms with van der Waals surface area (Å²) < 4.78 is 0. The Hall–Kier alpha value is -2.15. The minimum Gasteiger partial charge on any atom is -0.345 e. The molecule has 0 bridgehead atoms. The van der Waals surface area contributed by atoms with Crippen molar-refractivity contribution < 1.29 is 9.59 Å². The van der Waals surface area contributed by atoms with Gasteiger partial charge in [-0.2, -0.15) is 0 Å². The minimum absolute atomic E-state index is 0.112. The Morgan fingerprint density at radius 1 is 1.60 bits per heavy atom. The van der Waals surface area contributed by atoms with Crippen LogP contribution in [0, 0.1) is 11.8 Å². The highest BCUT2D eigenvalue weighted by Gasteiger charge is 1.90. The first-order valence-corrected chi connectivity index (χ1v) is 4.37. The second-order valence-corrected chi connectivity index (χ2v) is 2.80. The normalized spacial score (nSPS) is 8.60. The molecule has 0 spiro atoms. The van der Waals surface area contributed by atoms with Gasteiger partial charge in [-0.3, -0.25) is 14.6 Å². The van der Waals surface area contributed by atoms with Gasteiger partial charge >= 0.3 is 0 Å². The quantitative estimate of drug-likeness (QED) is 0.557. The van der Waals surface area contributed by atoms with E-state index in [0.29, 0.717) is 24.1 Å². The summed E-state index contributed by atoms with van der Waals surface area (Å²) in [6.07, 6.45) is 2.19. The highest BCUT2D eigenvalue weighted by molar-refractivity contribution is 5.73. The van der Waals surface area contributed by atoms with Crippen molar-refractivity contribution in [3.05, 3.63) is 29.6 Å². The Morgan fingerprint density at radius 2 is 2.40 bits per heavy atom. The summed E-state index contributed by atoms with van der Waals surface area (Å²) in [5.41, 5.74) is 1.09. The lowest BCUT2D eigenvalue weighted by molar-refractivity contribution is -0.118. The number of nitrogens with zero attached hydrogens (tertiary/aromatic N) is 1. The Kier molecular flexibility index (Phi) is 4.05. The third-order valence-electron chi connectivity index (χ3n) is 1.57. The molecule has 1 rings (SSSR count). The second-order valence-electron chi connectivity index (χ2n) is 2.80. The van der Waals surface area contributed by atoms with Crippen molar-refractivity contribution in [2.45, 2.75) is 6.92 Å². The fourth-order valence-corrected chi connectivity index (χ4v) is 0.864. The van der Waals surface area contributed by atoms with E-state index in [1.165, 1.54) is 13.1 Å². The van der Waals surface area contributed by atoms with Gasteiger partial charge in [0.15, 0.2) is 6.29 Å². The molecule has 0 fully saturated rings. The molecule has 0 radical (unpaired) electrons. The summed E-state index contributed by atoms with van der Waals surface area (Å²) in [7, 11) is 0. The summed E-state index contributed by atoms with van der Waals surface area (Å²) >= 11 is 0. The molecule has 1 aromatic rings. The van der Waals surface area contributed by atoms with Gasteiger partial charge in [-0.1, -0.05) is 11.8 Å². The minimum atomic E-state index is -0.112. The maximum absolute atomic E-state index is 10.5. The average molecular weight is 202 g/mol. The average Bonchev–Trinajstić information content (AvgIpc) is 2.25. The van der Waals surface area contributed by atoms with Crippen LogP contribution in [0.5, 0.6) is 0 Å². The van der Waals surface area contributed by atoms with Crippen molar-refractivity contribution in [1.82, 2.24) is 10.3 Å². The molecule has 0 unspecified atom stereocenters. The van der Waals surface area contributed by atoms with Crippen LogP contribution in [0.2, 0.25) is 0 Å². The van der Waals surface area contributed by atoms with E-state index in [1.54, 1.807) is 12.1 Å². The maximum atomic E-state index is 10.5. The van der Waals surface area contributed by atoms with Crippen molar-refractivity contribution >= 4 is 12.2 Å². The fourth-order valence-electron chi connectivity index (χ4n) is 0.864. The highest BCUT2D eigenvalue weighted by atomic mass is 16.1. The lowest BCUT2D eigenvalue weighted by atomic mass is 10.2. The van der Waals surface area contributed by atoms with Crippen molar-refractivity contribution in [3.63, 3.8) is 0 Å². The summed E-state index contributed by atoms with van der Waals surface area (Å²) in [5, 5.41) is 2.55. The number of hydrogen-bond acceptors (Lipinski definition) is 3. The number of nitrogens with one attached hydrogen (secondary N) is 1. The number of amides is 1. The molecule has 4 nitrogen and oxygen atoms in total. The van der Waals surface area contributed by atoms with Crippen LogP contribution in [-0.4, -0.2) is 23.7 Å². The van der Waals surface area contributed by atoms with Gasteiger partial charge in [0.2, 0.25) is 5.91 Å². The number of aromatic nitrogens is 1. The van der Waals surface area contributed by atoms with Crippen LogP contribution < -0.4 is 5.32 Å². The fraction of sp³-hybridized carbons (Fsp3) is 0.182. The molecule has 1 heterocycles. The van der Waals surface area contributed by atoms with Gasteiger partial charge in [-0.05, 0) is 12.1 Å². The first-order valence-electron chi connectivity index (χ1n) is 4.37. The van der Waals surface area contributed by atoms with Crippen LogP contribution >= 0.6 is 0 Å². The predicted octanol–water partition coefficient (Wildman–Crippen LogP) is 0.382. The Labute approximate surface area is 87.7 Å². The van der Waals surface area contributed by atoms with Crippen molar-refractivity contribution in [3.8, 4) is 11.8 Å². The smallest absolute Gasteiger partial charge is 0.217 e. The molecular formula is C11H10N2O2. The molecule has 1 amide bonds. The zero-order valence-electron chi connectivity index (χ0n) is 8.28. The zero-order valence-corrected chi connectivity index (χ0v) is 8.28. The number of hydrogen-bond donors (Lipinski definition) is 1. The molecular weight excluding hydrogens is 192 g/mol. The molecule has 15 heavy (non-hydrogen) atoms. The van der Waals surface area contributed by atoms with Gasteiger partial charge in [0, 0.05) is 18.7 Å². The van der Waals surface area contributed by atoms with Gasteiger partial charge in [0.25, 0.3) is 0 Å². The lowest BCUT2D eigenvalue weighted by Crippen LogP contribution is -2.19. The molecule has 0 aliphatic rings. The third-order valence-corrected chi connectivity index (χ3v) is 1.57. The molecule has 1 N–H and O–H groups in total. The predicted molar refractivity (Wildman–Crippen MR) is 55.2 cm³/mol. The standard InChI is InChI=1S/C11H10N2O2/c1-9(15)12-6-2-3-10-4-5-11(8-14)13-7-10/h4-5,7-8H,6H2,1H3,(H,12,15). The highest BCUT2D eigenvalue weighted by Crippen LogP contribution is 1.95. The molecule has 0 aliphatic heterocycles. The summed E-state index contributed by atoms with van der Waals surface area (Å²) in [6, 6.07) is 3.30. The number of pyridine rings is 1. The number of aldehydes is 1. The molecule has 0 atom stereocenters. The van der Waals surface area contributed by atoms with E-state index in [-0.39, 0.29) is 5.91 Å². The summed E-state index contributed by atoms with van der Waals surface area (Å²) in [5.74, 6) is 5.46. The monoisotopic (exact) mass is 202 g/mol. The van der Waals surface area contributed by atoms with Crippen LogP contribution in [0.15, 0.2) is 18.3 Å². The van der Waals surface area contributed by atoms with E-state index in [1.807, 2.05) is 0 Å². The first kappa shape index (κ1) is 10.9. The van der Waals surface area contributed by atoms with Crippen LogP contribution in [0.3, 0.4) is 0 Å². The largest absolute Gasteiger partial charge is 0.345 e. The summed E-state index contributed by atoms with van der Waals surface area (Å²) in [4.78, 5) is 24.7. The van der Waals surface area contributed by atoms with E-state index in [2.05, 4.69) is 22.1 Å². The third kappa shape index (κ3) is 4.05. The van der Waals surface area contributed by atoms with Crippen molar-refractivity contribution in [1.29, 1.82) is 0 Å². The van der Waals surface area contributed by atoms with E-state index in [9.17, 15) is 9.59 Å². The molecule has 0 aliphatic carbocycles. The SMILES string of the molecule is CC(=O)NCC#Cc1ccc(C=O)nc1. The Bertz CT molecular complexity index is 412. The van der Waals surface area contributed by atoms with Gasteiger partial charge in [-0.25, -0.2) is 0 Å². The maximum Gasteiger partial charge on any atom is 0.217 e. The molecule has 0 saturated heterocycles. The van der Waals surface area contributed by atoms with E-state index in [0.717, 1.165) is 0 Å². The van der Waals surface area contributed by atoms with Crippen molar-refractivity contribution in [2.75, 3.05) is 6.54 Å². The van der Waals surface area contributed by atoms with Crippen molar-refractivity contribution in [2.24, 2.45) is 0 Å². The molecule has 1 aromatic heterocycles. The van der Waals surface area contributed by atoms with E-state index in [4.69, 9.17) is 0 Å². The number of carbonyl (C=O) groups excluding carboxylic acids is 2. The van der Waals surface area contributed by atoms with Gasteiger partial charge < -0.3 is 5.32 Å². The molecule has 4 heteroatoms. The van der Waals surface area contributed by atoms with E-state index >= 15 is 0 Å². The molecule has 76 valence electrons. The summed E-state index contributed by atoms with van der Waals surface area (Å²) in [6.45, 7) is 1.74. The van der Waals surface area contributed by atoms with Gasteiger partial charge in [-0.15, -0.1) is 0 Å². The first-order chi connectivity index (χ1) is 7.22.